The van der Waals surface area contributed by atoms with Crippen LogP contribution in [0.25, 0.3) is 0 Å². The molecular formula is C12H13N3O2. The van der Waals surface area contributed by atoms with E-state index >= 15 is 0 Å². The van der Waals surface area contributed by atoms with Crippen molar-refractivity contribution in [3.8, 4) is 5.75 Å². The van der Waals surface area contributed by atoms with Gasteiger partial charge in [-0.2, -0.15) is 5.10 Å². The topological polar surface area (TPSA) is 67.2 Å². The minimum Gasteiger partial charge on any atom is -0.508 e. The van der Waals surface area contributed by atoms with Crippen LogP contribution in [-0.4, -0.2) is 20.8 Å². The minimum atomic E-state index is -0.175. The zero-order valence-corrected chi connectivity index (χ0v) is 9.42. The number of aryl methyl sites for hydroxylation is 1. The molecule has 0 bridgehead atoms. The number of benzene rings is 1. The molecule has 1 amide bonds. The average molecular weight is 231 g/mol. The van der Waals surface area contributed by atoms with Crippen molar-refractivity contribution in [3.05, 3.63) is 47.8 Å². The Morgan fingerprint density at radius 1 is 1.35 bits per heavy atom. The number of carbonyl (C=O) groups is 1. The van der Waals surface area contributed by atoms with Crippen molar-refractivity contribution >= 4 is 5.91 Å². The van der Waals surface area contributed by atoms with Crippen molar-refractivity contribution in [3.63, 3.8) is 0 Å². The van der Waals surface area contributed by atoms with Crippen LogP contribution in [0, 0.1) is 0 Å². The summed E-state index contributed by atoms with van der Waals surface area (Å²) in [6.07, 6.45) is 1.68. The number of rotatable bonds is 3. The van der Waals surface area contributed by atoms with Crippen LogP contribution in [0.2, 0.25) is 0 Å². The Kier molecular flexibility index (Phi) is 3.09. The molecule has 0 aliphatic carbocycles. The van der Waals surface area contributed by atoms with Crippen LogP contribution in [-0.2, 0) is 13.6 Å². The highest BCUT2D eigenvalue weighted by Gasteiger charge is 2.06. The molecule has 0 saturated heterocycles. The average Bonchev–Trinajstić information content (AvgIpc) is 2.73. The molecule has 5 heteroatoms. The fraction of sp³-hybridized carbons (Fsp3) is 0.167. The lowest BCUT2D eigenvalue weighted by Gasteiger charge is -2.05. The summed E-state index contributed by atoms with van der Waals surface area (Å²) in [6, 6.07) is 7.97. The van der Waals surface area contributed by atoms with E-state index in [2.05, 4.69) is 10.4 Å². The van der Waals surface area contributed by atoms with Gasteiger partial charge in [0.2, 0.25) is 0 Å². The fourth-order valence-corrected chi connectivity index (χ4v) is 1.46. The highest BCUT2D eigenvalue weighted by Crippen LogP contribution is 2.09. The van der Waals surface area contributed by atoms with E-state index in [0.29, 0.717) is 12.1 Å². The summed E-state index contributed by atoms with van der Waals surface area (Å²) in [5.74, 6) is -0.0283. The third-order valence-corrected chi connectivity index (χ3v) is 2.48. The molecule has 5 nitrogen and oxygen atoms in total. The van der Waals surface area contributed by atoms with Gasteiger partial charge in [-0.1, -0.05) is 0 Å². The molecule has 0 spiro atoms. The van der Waals surface area contributed by atoms with Crippen molar-refractivity contribution < 1.29 is 9.90 Å². The molecule has 0 radical (unpaired) electrons. The number of nitrogens with one attached hydrogen (secondary N) is 1. The van der Waals surface area contributed by atoms with Gasteiger partial charge in [-0.3, -0.25) is 9.48 Å². The maximum atomic E-state index is 11.7. The number of carbonyl (C=O) groups excluding carboxylic acids is 1. The largest absolute Gasteiger partial charge is 0.508 e. The number of amides is 1. The van der Waals surface area contributed by atoms with E-state index in [4.69, 9.17) is 5.11 Å². The Bertz CT molecular complexity index is 517. The lowest BCUT2D eigenvalue weighted by atomic mass is 10.2. The first-order chi connectivity index (χ1) is 8.16. The molecule has 0 aliphatic rings. The fourth-order valence-electron chi connectivity index (χ4n) is 1.46. The third kappa shape index (κ3) is 2.63. The highest BCUT2D eigenvalue weighted by molar-refractivity contribution is 5.94. The van der Waals surface area contributed by atoms with Gasteiger partial charge in [0.05, 0.1) is 12.2 Å². The number of hydrogen-bond acceptors (Lipinski definition) is 3. The van der Waals surface area contributed by atoms with E-state index in [1.165, 1.54) is 12.1 Å². The number of aromatic hydroxyl groups is 1. The third-order valence-electron chi connectivity index (χ3n) is 2.48. The van der Waals surface area contributed by atoms with E-state index in [9.17, 15) is 4.79 Å². The molecule has 0 aliphatic heterocycles. The predicted molar refractivity (Wildman–Crippen MR) is 62.5 cm³/mol. The Balaban J connectivity index is 1.98. The molecule has 17 heavy (non-hydrogen) atoms. The van der Waals surface area contributed by atoms with Crippen molar-refractivity contribution in [1.29, 1.82) is 0 Å². The molecule has 2 rings (SSSR count). The monoisotopic (exact) mass is 231 g/mol. The first-order valence-corrected chi connectivity index (χ1v) is 5.21. The van der Waals surface area contributed by atoms with Gasteiger partial charge in [-0.15, -0.1) is 0 Å². The first kappa shape index (κ1) is 11.2. The summed E-state index contributed by atoms with van der Waals surface area (Å²) in [6.45, 7) is 0.427. The molecule has 2 aromatic rings. The smallest absolute Gasteiger partial charge is 0.251 e. The van der Waals surface area contributed by atoms with Crippen molar-refractivity contribution in [2.75, 3.05) is 0 Å². The van der Waals surface area contributed by atoms with Crippen LogP contribution in [0.1, 0.15) is 16.1 Å². The molecule has 1 aromatic carbocycles. The van der Waals surface area contributed by atoms with Gasteiger partial charge in [-0.05, 0) is 30.3 Å². The summed E-state index contributed by atoms with van der Waals surface area (Å²) in [5, 5.41) is 15.9. The standard InChI is InChI=1S/C12H13N3O2/c1-15-10(6-7-14-15)8-13-12(17)9-2-4-11(16)5-3-9/h2-7,16H,8H2,1H3,(H,13,17). The molecule has 0 fully saturated rings. The molecule has 1 aromatic heterocycles. The van der Waals surface area contributed by atoms with Gasteiger partial charge >= 0.3 is 0 Å². The molecular weight excluding hydrogens is 218 g/mol. The van der Waals surface area contributed by atoms with Crippen LogP contribution < -0.4 is 5.32 Å². The van der Waals surface area contributed by atoms with Gasteiger partial charge < -0.3 is 10.4 Å². The molecule has 1 heterocycles. The first-order valence-electron chi connectivity index (χ1n) is 5.21. The van der Waals surface area contributed by atoms with E-state index < -0.39 is 0 Å². The highest BCUT2D eigenvalue weighted by atomic mass is 16.3. The molecule has 2 N–H and O–H groups in total. The van der Waals surface area contributed by atoms with Crippen molar-refractivity contribution in [2.24, 2.45) is 7.05 Å². The lowest BCUT2D eigenvalue weighted by Crippen LogP contribution is -2.23. The minimum absolute atomic E-state index is 0.146. The Hall–Kier alpha value is -2.30. The molecule has 88 valence electrons. The Morgan fingerprint density at radius 2 is 2.06 bits per heavy atom. The summed E-state index contributed by atoms with van der Waals surface area (Å²) in [4.78, 5) is 11.7. The second-order valence-electron chi connectivity index (χ2n) is 3.68. The molecule has 0 atom stereocenters. The summed E-state index contributed by atoms with van der Waals surface area (Å²) < 4.78 is 1.71. The number of aromatic nitrogens is 2. The number of phenols is 1. The van der Waals surface area contributed by atoms with Crippen LogP contribution in [0.3, 0.4) is 0 Å². The number of hydrogen-bond donors (Lipinski definition) is 2. The SMILES string of the molecule is Cn1nccc1CNC(=O)c1ccc(O)cc1. The van der Waals surface area contributed by atoms with Gasteiger partial charge in [0.15, 0.2) is 0 Å². The molecule has 0 saturated carbocycles. The van der Waals surface area contributed by atoms with Crippen molar-refractivity contribution in [2.45, 2.75) is 6.54 Å². The molecule has 0 unspecified atom stereocenters. The predicted octanol–water partition coefficient (Wildman–Crippen LogP) is 1.06. The number of phenolic OH excluding ortho intramolecular Hbond substituents is 1. The zero-order valence-electron chi connectivity index (χ0n) is 9.42. The van der Waals surface area contributed by atoms with Crippen LogP contribution in [0.4, 0.5) is 0 Å². The van der Waals surface area contributed by atoms with Crippen LogP contribution in [0.15, 0.2) is 36.5 Å². The van der Waals surface area contributed by atoms with Gasteiger partial charge in [-0.25, -0.2) is 0 Å². The van der Waals surface area contributed by atoms with Gasteiger partial charge in [0.25, 0.3) is 5.91 Å². The quantitative estimate of drug-likeness (QED) is 0.829. The van der Waals surface area contributed by atoms with Gasteiger partial charge in [0, 0.05) is 18.8 Å². The van der Waals surface area contributed by atoms with E-state index in [1.807, 2.05) is 13.1 Å². The summed E-state index contributed by atoms with van der Waals surface area (Å²) in [5.41, 5.74) is 1.45. The second-order valence-corrected chi connectivity index (χ2v) is 3.68. The normalized spacial score (nSPS) is 10.2. The van der Waals surface area contributed by atoms with Crippen LogP contribution in [0.5, 0.6) is 5.75 Å². The Morgan fingerprint density at radius 3 is 2.65 bits per heavy atom. The maximum Gasteiger partial charge on any atom is 0.251 e. The van der Waals surface area contributed by atoms with Gasteiger partial charge in [0.1, 0.15) is 5.75 Å². The maximum absolute atomic E-state index is 11.7. The summed E-state index contributed by atoms with van der Waals surface area (Å²) in [7, 11) is 1.82. The zero-order chi connectivity index (χ0) is 12.3. The summed E-state index contributed by atoms with van der Waals surface area (Å²) >= 11 is 0. The van der Waals surface area contributed by atoms with Crippen LogP contribution >= 0.6 is 0 Å². The van der Waals surface area contributed by atoms with E-state index in [-0.39, 0.29) is 11.7 Å². The number of nitrogens with zero attached hydrogens (tertiary/aromatic N) is 2. The van der Waals surface area contributed by atoms with Crippen molar-refractivity contribution in [1.82, 2.24) is 15.1 Å². The Labute approximate surface area is 98.7 Å². The second kappa shape index (κ2) is 4.69. The van der Waals surface area contributed by atoms with E-state index in [0.717, 1.165) is 5.69 Å². The van der Waals surface area contributed by atoms with E-state index in [1.54, 1.807) is 23.0 Å². The lowest BCUT2D eigenvalue weighted by molar-refractivity contribution is 0.0950.